The fraction of sp³-hybridized carbons (Fsp3) is 0.368. The molecule has 1 aliphatic rings. The third-order valence-corrected chi connectivity index (χ3v) is 4.07. The topological polar surface area (TPSA) is 76.8 Å². The van der Waals surface area contributed by atoms with Gasteiger partial charge >= 0.3 is 0 Å². The van der Waals surface area contributed by atoms with Crippen molar-refractivity contribution in [2.24, 2.45) is 21.5 Å². The number of benzene rings is 1. The monoisotopic (exact) mass is 310 g/mol. The molecule has 4 heteroatoms. The average molecular weight is 310 g/mol. The second-order valence-electron chi connectivity index (χ2n) is 5.97. The smallest absolute Gasteiger partial charge is 0.190 e. The highest BCUT2D eigenvalue weighted by atomic mass is 15.0. The van der Waals surface area contributed by atoms with Gasteiger partial charge in [-0.15, -0.1) is 0 Å². The number of unbranched alkanes of at least 4 members (excludes halogenated alkanes) is 1. The van der Waals surface area contributed by atoms with Crippen LogP contribution in [-0.2, 0) is 6.42 Å². The van der Waals surface area contributed by atoms with Gasteiger partial charge in [0.2, 0.25) is 0 Å². The molecule has 1 aromatic rings. The Balaban J connectivity index is 2.09. The van der Waals surface area contributed by atoms with Gasteiger partial charge in [-0.25, -0.2) is 4.99 Å². The molecule has 2 rings (SSSR count). The molecule has 0 atom stereocenters. The summed E-state index contributed by atoms with van der Waals surface area (Å²) in [5.74, 6) is 0.0735. The number of aryl methyl sites for hydroxylation is 1. The van der Waals surface area contributed by atoms with Crippen molar-refractivity contribution in [2.75, 3.05) is 0 Å². The van der Waals surface area contributed by atoms with Crippen LogP contribution in [0.2, 0.25) is 0 Å². The Morgan fingerprint density at radius 1 is 1.26 bits per heavy atom. The Labute approximate surface area is 138 Å². The quantitative estimate of drug-likeness (QED) is 0.621. The first kappa shape index (κ1) is 17.0. The summed E-state index contributed by atoms with van der Waals surface area (Å²) in [6.45, 7) is 6.26. The van der Waals surface area contributed by atoms with Crippen molar-refractivity contribution < 1.29 is 0 Å². The molecule has 1 aromatic carbocycles. The van der Waals surface area contributed by atoms with Crippen LogP contribution < -0.4 is 11.5 Å². The summed E-state index contributed by atoms with van der Waals surface area (Å²) < 4.78 is 0. The molecule has 122 valence electrons. The number of nitrogens with zero attached hydrogens (tertiary/aromatic N) is 2. The van der Waals surface area contributed by atoms with Crippen LogP contribution in [0.4, 0.5) is 0 Å². The molecule has 0 saturated heterocycles. The maximum atomic E-state index is 5.38. The summed E-state index contributed by atoms with van der Waals surface area (Å²) >= 11 is 0. The number of hydrogen-bond donors (Lipinski definition) is 2. The van der Waals surface area contributed by atoms with E-state index in [1.165, 1.54) is 29.5 Å². The summed E-state index contributed by atoms with van der Waals surface area (Å²) in [6, 6.07) is 8.77. The zero-order chi connectivity index (χ0) is 16.8. The predicted octanol–water partition coefficient (Wildman–Crippen LogP) is 3.67. The van der Waals surface area contributed by atoms with Crippen LogP contribution in [0, 0.1) is 0 Å². The lowest BCUT2D eigenvalue weighted by Crippen LogP contribution is -2.21. The highest BCUT2D eigenvalue weighted by Crippen LogP contribution is 2.28. The molecule has 4 nitrogen and oxygen atoms in total. The Hall–Kier alpha value is -2.36. The lowest BCUT2D eigenvalue weighted by molar-refractivity contribution is 0.795. The van der Waals surface area contributed by atoms with E-state index in [0.29, 0.717) is 0 Å². The summed E-state index contributed by atoms with van der Waals surface area (Å²) in [6.07, 6.45) is 6.14. The van der Waals surface area contributed by atoms with E-state index < -0.39 is 0 Å². The van der Waals surface area contributed by atoms with Crippen molar-refractivity contribution in [3.05, 3.63) is 58.4 Å². The first-order chi connectivity index (χ1) is 11.0. The highest BCUT2D eigenvalue weighted by Gasteiger charge is 2.17. The van der Waals surface area contributed by atoms with E-state index in [4.69, 9.17) is 16.5 Å². The summed E-state index contributed by atoms with van der Waals surface area (Å²) in [7, 11) is 0. The van der Waals surface area contributed by atoms with E-state index in [9.17, 15) is 0 Å². The summed E-state index contributed by atoms with van der Waals surface area (Å²) in [5, 5.41) is 0. The van der Waals surface area contributed by atoms with Gasteiger partial charge in [-0.1, -0.05) is 37.6 Å². The van der Waals surface area contributed by atoms with Crippen LogP contribution >= 0.6 is 0 Å². The SMILES string of the molecule is CCCCc1ccc(C2=NC(C)=C(/C(C)=C/N=C(N)N)C2)cc1. The van der Waals surface area contributed by atoms with Gasteiger partial charge in [0.15, 0.2) is 5.96 Å². The Morgan fingerprint density at radius 3 is 2.57 bits per heavy atom. The van der Waals surface area contributed by atoms with Gasteiger partial charge in [-0.05, 0) is 49.0 Å². The minimum absolute atomic E-state index is 0.0735. The Morgan fingerprint density at radius 2 is 1.96 bits per heavy atom. The van der Waals surface area contributed by atoms with Crippen molar-refractivity contribution in [1.29, 1.82) is 0 Å². The molecule has 0 unspecified atom stereocenters. The molecule has 1 heterocycles. The molecule has 0 radical (unpaired) electrons. The van der Waals surface area contributed by atoms with Gasteiger partial charge in [-0.3, -0.25) is 4.99 Å². The molecule has 0 aromatic heterocycles. The van der Waals surface area contributed by atoms with Crippen LogP contribution in [-0.4, -0.2) is 11.7 Å². The summed E-state index contributed by atoms with van der Waals surface area (Å²) in [4.78, 5) is 8.69. The van der Waals surface area contributed by atoms with Gasteiger partial charge in [-0.2, -0.15) is 0 Å². The molecule has 0 bridgehead atoms. The number of allylic oxidation sites excluding steroid dienone is 3. The normalized spacial score (nSPS) is 14.9. The molecule has 0 fully saturated rings. The fourth-order valence-corrected chi connectivity index (χ4v) is 2.69. The second-order valence-corrected chi connectivity index (χ2v) is 5.97. The fourth-order valence-electron chi connectivity index (χ4n) is 2.69. The van der Waals surface area contributed by atoms with E-state index in [1.54, 1.807) is 6.20 Å². The van der Waals surface area contributed by atoms with Gasteiger partial charge < -0.3 is 11.5 Å². The third-order valence-electron chi connectivity index (χ3n) is 4.07. The van der Waals surface area contributed by atoms with Gasteiger partial charge in [0.05, 0.1) is 5.71 Å². The van der Waals surface area contributed by atoms with Crippen molar-refractivity contribution in [3.63, 3.8) is 0 Å². The summed E-state index contributed by atoms with van der Waals surface area (Å²) in [5.41, 5.74) is 17.7. The lowest BCUT2D eigenvalue weighted by Gasteiger charge is -2.06. The van der Waals surface area contributed by atoms with Crippen LogP contribution in [0.5, 0.6) is 0 Å². The number of guanidine groups is 1. The first-order valence-electron chi connectivity index (χ1n) is 8.13. The molecule has 0 saturated carbocycles. The van der Waals surface area contributed by atoms with Crippen molar-refractivity contribution in [3.8, 4) is 0 Å². The van der Waals surface area contributed by atoms with Gasteiger partial charge in [0.1, 0.15) is 0 Å². The number of rotatable bonds is 6. The molecule has 0 aliphatic carbocycles. The largest absolute Gasteiger partial charge is 0.370 e. The molecule has 4 N–H and O–H groups in total. The van der Waals surface area contributed by atoms with Crippen LogP contribution in [0.15, 0.2) is 57.3 Å². The van der Waals surface area contributed by atoms with E-state index in [1.807, 2.05) is 13.8 Å². The molecular weight excluding hydrogens is 284 g/mol. The standard InChI is InChI=1S/C19H26N4/c1-4-5-6-15-7-9-16(10-8-15)18-11-17(14(3)23-18)13(2)12-22-19(20)21/h7-10,12H,4-6,11H2,1-3H3,(H4,20,21,22)/b13-12+. The molecule has 1 aliphatic heterocycles. The Bertz CT molecular complexity index is 672. The van der Waals surface area contributed by atoms with Crippen LogP contribution in [0.1, 0.15) is 51.2 Å². The molecule has 0 spiro atoms. The molecule has 23 heavy (non-hydrogen) atoms. The van der Waals surface area contributed by atoms with Crippen molar-refractivity contribution in [1.82, 2.24) is 0 Å². The maximum Gasteiger partial charge on any atom is 0.190 e. The predicted molar refractivity (Wildman–Crippen MR) is 98.5 cm³/mol. The minimum Gasteiger partial charge on any atom is -0.370 e. The van der Waals surface area contributed by atoms with Crippen LogP contribution in [0.25, 0.3) is 0 Å². The average Bonchev–Trinajstić information content (AvgIpc) is 2.93. The van der Waals surface area contributed by atoms with E-state index >= 15 is 0 Å². The first-order valence-corrected chi connectivity index (χ1v) is 8.13. The van der Waals surface area contributed by atoms with Crippen molar-refractivity contribution in [2.45, 2.75) is 46.5 Å². The number of hydrogen-bond acceptors (Lipinski definition) is 2. The zero-order valence-electron chi connectivity index (χ0n) is 14.3. The molecular formula is C19H26N4. The van der Waals surface area contributed by atoms with Crippen LogP contribution in [0.3, 0.4) is 0 Å². The Kier molecular flexibility index (Phi) is 5.74. The highest BCUT2D eigenvalue weighted by molar-refractivity contribution is 6.04. The minimum atomic E-state index is 0.0735. The molecule has 0 amide bonds. The van der Waals surface area contributed by atoms with E-state index in [2.05, 4.69) is 36.2 Å². The van der Waals surface area contributed by atoms with Gasteiger partial charge in [0.25, 0.3) is 0 Å². The lowest BCUT2D eigenvalue weighted by atomic mass is 9.98. The van der Waals surface area contributed by atoms with E-state index in [0.717, 1.165) is 29.8 Å². The maximum absolute atomic E-state index is 5.38. The number of aliphatic imine (C=N–C) groups is 2. The number of nitrogens with two attached hydrogens (primary N) is 2. The van der Waals surface area contributed by atoms with E-state index in [-0.39, 0.29) is 5.96 Å². The third kappa shape index (κ3) is 4.55. The van der Waals surface area contributed by atoms with Gasteiger partial charge in [0, 0.05) is 18.3 Å². The van der Waals surface area contributed by atoms with Crippen molar-refractivity contribution >= 4 is 11.7 Å². The zero-order valence-corrected chi connectivity index (χ0v) is 14.3. The second kappa shape index (κ2) is 7.77.